The van der Waals surface area contributed by atoms with Gasteiger partial charge in [-0.1, -0.05) is 25.8 Å². The molecule has 1 saturated carbocycles. The monoisotopic (exact) mass is 340 g/mol. The van der Waals surface area contributed by atoms with Crippen LogP contribution in [-0.4, -0.2) is 23.5 Å². The lowest BCUT2D eigenvalue weighted by molar-refractivity contribution is -0.124. The maximum absolute atomic E-state index is 12.1. The minimum atomic E-state index is -0.0624. The standard InChI is InChI=1S/C20H24N2O3/c1-15-6-2-3-7-18(15)22-19(23)14-24-16-9-11-17(12-10-16)25-20-8-4-5-13-21-20/h4-5,8-13,15,18H,2-3,6-7,14H2,1H3,(H,22,23)/t15-,18+/m0/s1. The lowest BCUT2D eigenvalue weighted by Gasteiger charge is -2.29. The molecule has 3 rings (SSSR count). The van der Waals surface area contributed by atoms with E-state index in [0.29, 0.717) is 23.3 Å². The van der Waals surface area contributed by atoms with Crippen LogP contribution >= 0.6 is 0 Å². The molecule has 0 aliphatic heterocycles. The average Bonchev–Trinajstić information content (AvgIpc) is 2.64. The molecule has 5 nitrogen and oxygen atoms in total. The first-order chi connectivity index (χ1) is 12.2. The summed E-state index contributed by atoms with van der Waals surface area (Å²) in [5.74, 6) is 2.33. The molecule has 0 radical (unpaired) electrons. The maximum atomic E-state index is 12.1. The largest absolute Gasteiger partial charge is 0.484 e. The molecule has 1 amide bonds. The number of pyridine rings is 1. The Kier molecular flexibility index (Phi) is 5.88. The third-order valence-electron chi connectivity index (χ3n) is 4.51. The van der Waals surface area contributed by atoms with Gasteiger partial charge in [-0.2, -0.15) is 0 Å². The molecule has 0 unspecified atom stereocenters. The number of nitrogens with one attached hydrogen (secondary N) is 1. The van der Waals surface area contributed by atoms with Gasteiger partial charge in [0.25, 0.3) is 5.91 Å². The normalized spacial score (nSPS) is 19.9. The van der Waals surface area contributed by atoms with Crippen molar-refractivity contribution in [3.05, 3.63) is 48.7 Å². The lowest BCUT2D eigenvalue weighted by Crippen LogP contribution is -2.43. The number of hydrogen-bond acceptors (Lipinski definition) is 4. The molecule has 2 aromatic rings. The van der Waals surface area contributed by atoms with E-state index in [2.05, 4.69) is 17.2 Å². The molecule has 1 aromatic heterocycles. The molecule has 25 heavy (non-hydrogen) atoms. The molecule has 5 heteroatoms. The van der Waals surface area contributed by atoms with Crippen LogP contribution in [0, 0.1) is 5.92 Å². The minimum absolute atomic E-state index is 0.0314. The SMILES string of the molecule is C[C@H]1CCCC[C@H]1NC(=O)COc1ccc(Oc2ccccn2)cc1. The zero-order valence-electron chi connectivity index (χ0n) is 14.5. The van der Waals surface area contributed by atoms with E-state index in [1.807, 2.05) is 12.1 Å². The van der Waals surface area contributed by atoms with Crippen molar-refractivity contribution in [3.63, 3.8) is 0 Å². The van der Waals surface area contributed by atoms with Crippen LogP contribution in [0.1, 0.15) is 32.6 Å². The summed E-state index contributed by atoms with van der Waals surface area (Å²) in [5, 5.41) is 3.09. The van der Waals surface area contributed by atoms with Gasteiger partial charge in [0, 0.05) is 18.3 Å². The molecular weight excluding hydrogens is 316 g/mol. The second-order valence-electron chi connectivity index (χ2n) is 6.47. The minimum Gasteiger partial charge on any atom is -0.484 e. The Morgan fingerprint density at radius 2 is 1.88 bits per heavy atom. The fourth-order valence-electron chi connectivity index (χ4n) is 3.06. The average molecular weight is 340 g/mol. The summed E-state index contributed by atoms with van der Waals surface area (Å²) in [5.41, 5.74) is 0. The fraction of sp³-hybridized carbons (Fsp3) is 0.400. The predicted octanol–water partition coefficient (Wildman–Crippen LogP) is 3.95. The number of hydrogen-bond donors (Lipinski definition) is 1. The van der Waals surface area contributed by atoms with Crippen LogP contribution < -0.4 is 14.8 Å². The van der Waals surface area contributed by atoms with Gasteiger partial charge in [-0.25, -0.2) is 4.98 Å². The van der Waals surface area contributed by atoms with E-state index in [4.69, 9.17) is 9.47 Å². The first kappa shape index (κ1) is 17.3. The van der Waals surface area contributed by atoms with Gasteiger partial charge >= 0.3 is 0 Å². The van der Waals surface area contributed by atoms with Gasteiger partial charge in [-0.05, 0) is 49.1 Å². The summed E-state index contributed by atoms with van der Waals surface area (Å²) in [4.78, 5) is 16.2. The second-order valence-corrected chi connectivity index (χ2v) is 6.47. The maximum Gasteiger partial charge on any atom is 0.258 e. The quantitative estimate of drug-likeness (QED) is 0.865. The highest BCUT2D eigenvalue weighted by Crippen LogP contribution is 2.24. The highest BCUT2D eigenvalue weighted by molar-refractivity contribution is 5.77. The zero-order valence-corrected chi connectivity index (χ0v) is 14.5. The summed E-state index contributed by atoms with van der Waals surface area (Å²) in [6.45, 7) is 2.23. The summed E-state index contributed by atoms with van der Waals surface area (Å²) >= 11 is 0. The molecular formula is C20H24N2O3. The Morgan fingerprint density at radius 3 is 2.60 bits per heavy atom. The van der Waals surface area contributed by atoms with Crippen molar-refractivity contribution in [2.24, 2.45) is 5.92 Å². The first-order valence-corrected chi connectivity index (χ1v) is 8.82. The van der Waals surface area contributed by atoms with E-state index in [1.165, 1.54) is 19.3 Å². The molecule has 1 fully saturated rings. The van der Waals surface area contributed by atoms with E-state index in [1.54, 1.807) is 36.5 Å². The van der Waals surface area contributed by atoms with Gasteiger partial charge in [-0.3, -0.25) is 4.79 Å². The van der Waals surface area contributed by atoms with E-state index in [-0.39, 0.29) is 18.6 Å². The van der Waals surface area contributed by atoms with E-state index in [9.17, 15) is 4.79 Å². The van der Waals surface area contributed by atoms with Crippen molar-refractivity contribution in [1.82, 2.24) is 10.3 Å². The summed E-state index contributed by atoms with van der Waals surface area (Å²) in [6.07, 6.45) is 6.37. The van der Waals surface area contributed by atoms with Gasteiger partial charge in [0.2, 0.25) is 5.88 Å². The van der Waals surface area contributed by atoms with Crippen LogP contribution in [0.5, 0.6) is 17.4 Å². The number of carbonyl (C=O) groups is 1. The van der Waals surface area contributed by atoms with Gasteiger partial charge in [0.15, 0.2) is 6.61 Å². The lowest BCUT2D eigenvalue weighted by atomic mass is 9.86. The smallest absolute Gasteiger partial charge is 0.258 e. The van der Waals surface area contributed by atoms with Crippen LogP contribution in [-0.2, 0) is 4.79 Å². The molecule has 1 N–H and O–H groups in total. The Hall–Kier alpha value is -2.56. The first-order valence-electron chi connectivity index (χ1n) is 8.82. The Labute approximate surface area is 148 Å². The Balaban J connectivity index is 1.46. The zero-order chi connectivity index (χ0) is 17.5. The molecule has 2 atom stereocenters. The third-order valence-corrected chi connectivity index (χ3v) is 4.51. The van der Waals surface area contributed by atoms with Gasteiger partial charge in [0.05, 0.1) is 0 Å². The molecule has 132 valence electrons. The van der Waals surface area contributed by atoms with Crippen molar-refractivity contribution in [2.75, 3.05) is 6.61 Å². The third kappa shape index (κ3) is 5.21. The van der Waals surface area contributed by atoms with E-state index in [0.717, 1.165) is 6.42 Å². The molecule has 0 spiro atoms. The summed E-state index contributed by atoms with van der Waals surface area (Å²) in [7, 11) is 0. The van der Waals surface area contributed by atoms with Crippen LogP contribution in [0.2, 0.25) is 0 Å². The Bertz CT molecular complexity index is 673. The van der Waals surface area contributed by atoms with Crippen LogP contribution in [0.15, 0.2) is 48.7 Å². The Morgan fingerprint density at radius 1 is 1.12 bits per heavy atom. The molecule has 0 saturated heterocycles. The number of nitrogens with zero attached hydrogens (tertiary/aromatic N) is 1. The van der Waals surface area contributed by atoms with E-state index >= 15 is 0 Å². The molecule has 1 aromatic carbocycles. The van der Waals surface area contributed by atoms with Gasteiger partial charge < -0.3 is 14.8 Å². The number of carbonyl (C=O) groups excluding carboxylic acids is 1. The number of aromatic nitrogens is 1. The highest BCUT2D eigenvalue weighted by atomic mass is 16.5. The van der Waals surface area contributed by atoms with Crippen LogP contribution in [0.25, 0.3) is 0 Å². The van der Waals surface area contributed by atoms with Crippen molar-refractivity contribution in [2.45, 2.75) is 38.6 Å². The molecule has 1 aliphatic carbocycles. The fourth-order valence-corrected chi connectivity index (χ4v) is 3.06. The van der Waals surface area contributed by atoms with E-state index < -0.39 is 0 Å². The van der Waals surface area contributed by atoms with Crippen molar-refractivity contribution in [3.8, 4) is 17.4 Å². The summed E-state index contributed by atoms with van der Waals surface area (Å²) < 4.78 is 11.2. The van der Waals surface area contributed by atoms with Crippen molar-refractivity contribution in [1.29, 1.82) is 0 Å². The molecule has 0 bridgehead atoms. The van der Waals surface area contributed by atoms with Crippen molar-refractivity contribution >= 4 is 5.91 Å². The van der Waals surface area contributed by atoms with Gasteiger partial charge in [-0.15, -0.1) is 0 Å². The summed E-state index contributed by atoms with van der Waals surface area (Å²) in [6, 6.07) is 12.9. The predicted molar refractivity (Wildman–Crippen MR) is 95.8 cm³/mol. The number of rotatable bonds is 6. The van der Waals surface area contributed by atoms with Crippen LogP contribution in [0.4, 0.5) is 0 Å². The highest BCUT2D eigenvalue weighted by Gasteiger charge is 2.22. The van der Waals surface area contributed by atoms with Gasteiger partial charge in [0.1, 0.15) is 11.5 Å². The number of amides is 1. The second kappa shape index (κ2) is 8.51. The van der Waals surface area contributed by atoms with Crippen molar-refractivity contribution < 1.29 is 14.3 Å². The number of ether oxygens (including phenoxy) is 2. The molecule has 1 aliphatic rings. The van der Waals surface area contributed by atoms with Crippen LogP contribution in [0.3, 0.4) is 0 Å². The topological polar surface area (TPSA) is 60.5 Å². The number of benzene rings is 1. The molecule has 1 heterocycles.